The molecule has 41 heavy (non-hydrogen) atoms. The fourth-order valence-corrected chi connectivity index (χ4v) is 5.80. The second kappa shape index (κ2) is 13.5. The van der Waals surface area contributed by atoms with Gasteiger partial charge in [-0.2, -0.15) is 0 Å². The fourth-order valence-electron chi connectivity index (χ4n) is 4.38. The summed E-state index contributed by atoms with van der Waals surface area (Å²) in [4.78, 5) is 29.0. The molecule has 0 aliphatic carbocycles. The third kappa shape index (κ3) is 8.00. The Hall–Kier alpha value is -4.05. The number of benzene rings is 3. The maximum atomic E-state index is 14.2. The summed E-state index contributed by atoms with van der Waals surface area (Å²) in [6.07, 6.45) is 0.334. The van der Waals surface area contributed by atoms with Gasteiger partial charge in [-0.25, -0.2) is 8.42 Å². The first kappa shape index (κ1) is 31.5. The van der Waals surface area contributed by atoms with Gasteiger partial charge in [0.2, 0.25) is 11.8 Å². The number of methoxy groups -OCH3 is 2. The van der Waals surface area contributed by atoms with Gasteiger partial charge in [0.05, 0.1) is 24.8 Å². The van der Waals surface area contributed by atoms with Crippen molar-refractivity contribution in [3.63, 3.8) is 0 Å². The molecule has 10 heteroatoms. The second-order valence-corrected chi connectivity index (χ2v) is 12.4. The van der Waals surface area contributed by atoms with Gasteiger partial charge in [-0.15, -0.1) is 0 Å². The van der Waals surface area contributed by atoms with Crippen LogP contribution in [-0.4, -0.2) is 57.5 Å². The van der Waals surface area contributed by atoms with Gasteiger partial charge in [-0.1, -0.05) is 49.4 Å². The predicted octanol–water partition coefficient (Wildman–Crippen LogP) is 4.62. The van der Waals surface area contributed by atoms with Crippen molar-refractivity contribution in [2.75, 3.05) is 25.1 Å². The average molecular weight is 582 g/mol. The lowest BCUT2D eigenvalue weighted by Gasteiger charge is -2.35. The van der Waals surface area contributed by atoms with Crippen LogP contribution in [-0.2, 0) is 26.2 Å². The Balaban J connectivity index is 2.10. The molecular weight excluding hydrogens is 542 g/mol. The molecule has 0 bridgehead atoms. The number of sulfonamides is 1. The highest BCUT2D eigenvalue weighted by atomic mass is 32.2. The largest absolute Gasteiger partial charge is 0.497 e. The van der Waals surface area contributed by atoms with Crippen LogP contribution >= 0.6 is 0 Å². The number of hydrogen-bond acceptors (Lipinski definition) is 6. The first-order valence-electron chi connectivity index (χ1n) is 13.4. The molecule has 0 spiro atoms. The molecule has 0 heterocycles. The van der Waals surface area contributed by atoms with E-state index in [-0.39, 0.29) is 28.8 Å². The summed E-state index contributed by atoms with van der Waals surface area (Å²) in [5, 5.41) is 2.96. The minimum absolute atomic E-state index is 0.0240. The van der Waals surface area contributed by atoms with E-state index in [2.05, 4.69) is 5.32 Å². The Labute approximate surface area is 243 Å². The molecular formula is C31H39N3O6S. The van der Waals surface area contributed by atoms with E-state index in [1.54, 1.807) is 36.4 Å². The molecule has 3 aromatic carbocycles. The van der Waals surface area contributed by atoms with Gasteiger partial charge >= 0.3 is 0 Å². The summed E-state index contributed by atoms with van der Waals surface area (Å²) in [5.74, 6) is -0.0723. The SMILES string of the molecule is CCC(C(=O)NC(C)(C)C)N(Cc1ccccc1)C(=O)CN(c1ccccc1OC)S(=O)(=O)c1ccc(OC)cc1. The molecule has 220 valence electrons. The van der Waals surface area contributed by atoms with E-state index in [0.717, 1.165) is 9.87 Å². The molecule has 0 radical (unpaired) electrons. The zero-order valence-electron chi connectivity index (χ0n) is 24.5. The van der Waals surface area contributed by atoms with Crippen LogP contribution in [0, 0.1) is 0 Å². The summed E-state index contributed by atoms with van der Waals surface area (Å²) in [6, 6.07) is 21.0. The molecule has 0 saturated carbocycles. The number of anilines is 1. The Morgan fingerprint density at radius 2 is 1.49 bits per heavy atom. The summed E-state index contributed by atoms with van der Waals surface area (Å²) in [6.45, 7) is 6.99. The molecule has 1 unspecified atom stereocenters. The monoisotopic (exact) mass is 581 g/mol. The number of hydrogen-bond donors (Lipinski definition) is 1. The smallest absolute Gasteiger partial charge is 0.264 e. The minimum Gasteiger partial charge on any atom is -0.497 e. The van der Waals surface area contributed by atoms with Crippen LogP contribution in [0.4, 0.5) is 5.69 Å². The van der Waals surface area contributed by atoms with E-state index < -0.39 is 34.1 Å². The maximum absolute atomic E-state index is 14.2. The topological polar surface area (TPSA) is 105 Å². The van der Waals surface area contributed by atoms with E-state index in [0.29, 0.717) is 12.2 Å². The highest BCUT2D eigenvalue weighted by Crippen LogP contribution is 2.33. The van der Waals surface area contributed by atoms with Gasteiger partial charge in [0.15, 0.2) is 0 Å². The van der Waals surface area contributed by atoms with Gasteiger partial charge in [0.25, 0.3) is 10.0 Å². The molecule has 9 nitrogen and oxygen atoms in total. The standard InChI is InChI=1S/C31H39N3O6S/c1-7-26(30(36)32-31(2,3)4)33(21-23-13-9-8-10-14-23)29(35)22-34(27-15-11-12-16-28(27)40-6)41(37,38)25-19-17-24(39-5)18-20-25/h8-20,26H,7,21-22H2,1-6H3,(H,32,36). The first-order valence-corrected chi connectivity index (χ1v) is 14.8. The summed E-state index contributed by atoms with van der Waals surface area (Å²) < 4.78 is 39.8. The predicted molar refractivity (Wildman–Crippen MR) is 159 cm³/mol. The van der Waals surface area contributed by atoms with E-state index in [1.165, 1.54) is 31.3 Å². The van der Waals surface area contributed by atoms with E-state index in [1.807, 2.05) is 58.0 Å². The average Bonchev–Trinajstić information content (AvgIpc) is 2.95. The van der Waals surface area contributed by atoms with Crippen LogP contribution in [0.2, 0.25) is 0 Å². The number of nitrogens with one attached hydrogen (secondary N) is 1. The number of amides is 2. The summed E-state index contributed by atoms with van der Waals surface area (Å²) in [5.41, 5.74) is 0.489. The Morgan fingerprint density at radius 1 is 0.878 bits per heavy atom. The first-order chi connectivity index (χ1) is 19.4. The Bertz CT molecular complexity index is 1420. The molecule has 2 amide bonds. The van der Waals surface area contributed by atoms with E-state index >= 15 is 0 Å². The van der Waals surface area contributed by atoms with Crippen molar-refractivity contribution in [1.82, 2.24) is 10.2 Å². The molecule has 3 aromatic rings. The number of ether oxygens (including phenoxy) is 2. The fraction of sp³-hybridized carbons (Fsp3) is 0.355. The molecule has 0 aliphatic heterocycles. The molecule has 1 N–H and O–H groups in total. The molecule has 1 atom stereocenters. The molecule has 0 fully saturated rings. The van der Waals surface area contributed by atoms with Crippen molar-refractivity contribution in [3.05, 3.63) is 84.4 Å². The van der Waals surface area contributed by atoms with Crippen molar-refractivity contribution < 1.29 is 27.5 Å². The quantitative estimate of drug-likeness (QED) is 0.335. The van der Waals surface area contributed by atoms with Crippen LogP contribution in [0.15, 0.2) is 83.8 Å². The summed E-state index contributed by atoms with van der Waals surface area (Å²) in [7, 11) is -1.32. The molecule has 0 aliphatic rings. The van der Waals surface area contributed by atoms with Gasteiger partial charge in [-0.3, -0.25) is 13.9 Å². The van der Waals surface area contributed by atoms with Gasteiger partial charge < -0.3 is 19.7 Å². The van der Waals surface area contributed by atoms with Crippen molar-refractivity contribution in [2.24, 2.45) is 0 Å². The van der Waals surface area contributed by atoms with Gasteiger partial charge in [-0.05, 0) is 69.2 Å². The second-order valence-electron chi connectivity index (χ2n) is 10.5. The lowest BCUT2D eigenvalue weighted by atomic mass is 10.1. The Kier molecular flexibility index (Phi) is 10.4. The lowest BCUT2D eigenvalue weighted by Crippen LogP contribution is -2.55. The highest BCUT2D eigenvalue weighted by molar-refractivity contribution is 7.92. The van der Waals surface area contributed by atoms with Crippen molar-refractivity contribution in [1.29, 1.82) is 0 Å². The number of rotatable bonds is 12. The zero-order valence-corrected chi connectivity index (χ0v) is 25.3. The van der Waals surface area contributed by atoms with Crippen LogP contribution in [0.5, 0.6) is 11.5 Å². The number of nitrogens with zero attached hydrogens (tertiary/aromatic N) is 2. The van der Waals surface area contributed by atoms with Crippen LogP contribution in [0.25, 0.3) is 0 Å². The van der Waals surface area contributed by atoms with Crippen LogP contribution in [0.3, 0.4) is 0 Å². The highest BCUT2D eigenvalue weighted by Gasteiger charge is 2.35. The minimum atomic E-state index is -4.24. The lowest BCUT2D eigenvalue weighted by molar-refractivity contribution is -0.141. The maximum Gasteiger partial charge on any atom is 0.264 e. The molecule has 0 saturated heterocycles. The van der Waals surface area contributed by atoms with Crippen LogP contribution < -0.4 is 19.1 Å². The summed E-state index contributed by atoms with van der Waals surface area (Å²) >= 11 is 0. The van der Waals surface area contributed by atoms with E-state index in [4.69, 9.17) is 9.47 Å². The van der Waals surface area contributed by atoms with Crippen molar-refractivity contribution in [3.8, 4) is 11.5 Å². The van der Waals surface area contributed by atoms with Crippen molar-refractivity contribution >= 4 is 27.5 Å². The normalized spacial score (nSPS) is 12.2. The molecule has 0 aromatic heterocycles. The third-order valence-corrected chi connectivity index (χ3v) is 8.13. The number of carbonyl (C=O) groups excluding carboxylic acids is 2. The Morgan fingerprint density at radius 3 is 2.05 bits per heavy atom. The van der Waals surface area contributed by atoms with Crippen molar-refractivity contribution in [2.45, 2.75) is 57.1 Å². The van der Waals surface area contributed by atoms with E-state index in [9.17, 15) is 18.0 Å². The van der Waals surface area contributed by atoms with Gasteiger partial charge in [0, 0.05) is 12.1 Å². The van der Waals surface area contributed by atoms with Crippen LogP contribution in [0.1, 0.15) is 39.7 Å². The van der Waals surface area contributed by atoms with Gasteiger partial charge in [0.1, 0.15) is 24.1 Å². The third-order valence-electron chi connectivity index (χ3n) is 6.36. The number of para-hydroxylation sites is 2. The zero-order chi connectivity index (χ0) is 30.2. The number of carbonyl (C=O) groups is 2. The molecule has 3 rings (SSSR count).